The Balaban J connectivity index is 1.69. The van der Waals surface area contributed by atoms with Crippen LogP contribution in [0, 0.1) is 13.8 Å². The topological polar surface area (TPSA) is 92.8 Å². The van der Waals surface area contributed by atoms with Crippen molar-refractivity contribution in [3.8, 4) is 0 Å². The highest BCUT2D eigenvalue weighted by Gasteiger charge is 2.23. The first-order valence-electron chi connectivity index (χ1n) is 9.97. The molecule has 0 bridgehead atoms. The number of ether oxygens (including phenoxy) is 1. The first-order valence-corrected chi connectivity index (χ1v) is 11.8. The van der Waals surface area contributed by atoms with Crippen LogP contribution in [0.1, 0.15) is 21.5 Å². The molecule has 3 rings (SSSR count). The highest BCUT2D eigenvalue weighted by atomic mass is 35.5. The summed E-state index contributed by atoms with van der Waals surface area (Å²) >= 11 is 5.96. The van der Waals surface area contributed by atoms with E-state index in [0.29, 0.717) is 16.4 Å². The first kappa shape index (κ1) is 24.3. The predicted molar refractivity (Wildman–Crippen MR) is 128 cm³/mol. The molecular formula is C24H23ClN2O5S. The maximum absolute atomic E-state index is 13.0. The van der Waals surface area contributed by atoms with E-state index in [-0.39, 0.29) is 10.5 Å². The van der Waals surface area contributed by atoms with Crippen molar-refractivity contribution in [2.24, 2.45) is 0 Å². The fourth-order valence-electron chi connectivity index (χ4n) is 3.11. The number of aryl methyl sites for hydroxylation is 2. The molecule has 9 heteroatoms. The van der Waals surface area contributed by atoms with E-state index in [2.05, 4.69) is 5.32 Å². The van der Waals surface area contributed by atoms with E-state index in [0.717, 1.165) is 15.4 Å². The summed E-state index contributed by atoms with van der Waals surface area (Å²) in [4.78, 5) is 24.5. The molecule has 0 unspecified atom stereocenters. The van der Waals surface area contributed by atoms with Crippen LogP contribution in [0.25, 0.3) is 0 Å². The standard InChI is InChI=1S/C24H23ClN2O5S/c1-16-10-11-22(17(2)12-16)26-23(28)15-32-24(29)18-6-4-9-21(13-18)33(30,31)27(3)20-8-5-7-19(25)14-20/h4-14H,15H2,1-3H3,(H,26,28). The maximum atomic E-state index is 13.0. The molecule has 0 heterocycles. The zero-order valence-corrected chi connectivity index (χ0v) is 19.9. The smallest absolute Gasteiger partial charge is 0.338 e. The van der Waals surface area contributed by atoms with Gasteiger partial charge < -0.3 is 10.1 Å². The highest BCUT2D eigenvalue weighted by Crippen LogP contribution is 2.25. The summed E-state index contributed by atoms with van der Waals surface area (Å²) in [5.74, 6) is -1.31. The summed E-state index contributed by atoms with van der Waals surface area (Å²) < 4.78 is 32.2. The normalized spacial score (nSPS) is 11.0. The van der Waals surface area contributed by atoms with Crippen LogP contribution in [0.5, 0.6) is 0 Å². The molecule has 0 saturated heterocycles. The Labute approximate surface area is 198 Å². The molecule has 0 aliphatic heterocycles. The number of anilines is 2. The molecule has 172 valence electrons. The van der Waals surface area contributed by atoms with Gasteiger partial charge >= 0.3 is 5.97 Å². The summed E-state index contributed by atoms with van der Waals surface area (Å²) in [5.41, 5.74) is 2.96. The average molecular weight is 487 g/mol. The minimum absolute atomic E-state index is 0.00915. The van der Waals surface area contributed by atoms with Gasteiger partial charge in [-0.15, -0.1) is 0 Å². The van der Waals surface area contributed by atoms with Crippen LogP contribution in [0.15, 0.2) is 71.6 Å². The van der Waals surface area contributed by atoms with Gasteiger partial charge in [-0.3, -0.25) is 9.10 Å². The minimum Gasteiger partial charge on any atom is -0.452 e. The van der Waals surface area contributed by atoms with Gasteiger partial charge in [0.1, 0.15) is 0 Å². The lowest BCUT2D eigenvalue weighted by atomic mass is 10.1. The van der Waals surface area contributed by atoms with Gasteiger partial charge in [0.25, 0.3) is 15.9 Å². The molecule has 0 aliphatic carbocycles. The Hall–Kier alpha value is -3.36. The molecule has 3 aromatic rings. The fraction of sp³-hybridized carbons (Fsp3) is 0.167. The van der Waals surface area contributed by atoms with Crippen LogP contribution < -0.4 is 9.62 Å². The molecule has 0 atom stereocenters. The summed E-state index contributed by atoms with van der Waals surface area (Å²) in [7, 11) is -2.57. The van der Waals surface area contributed by atoms with Crippen molar-refractivity contribution >= 4 is 44.9 Å². The Morgan fingerprint density at radius 1 is 1.00 bits per heavy atom. The van der Waals surface area contributed by atoms with Gasteiger partial charge in [-0.2, -0.15) is 0 Å². The number of esters is 1. The van der Waals surface area contributed by atoms with Crippen LogP contribution >= 0.6 is 11.6 Å². The van der Waals surface area contributed by atoms with Crippen molar-refractivity contribution in [2.45, 2.75) is 18.7 Å². The SMILES string of the molecule is Cc1ccc(NC(=O)COC(=O)c2cccc(S(=O)(=O)N(C)c3cccc(Cl)c3)c2)c(C)c1. The molecule has 0 saturated carbocycles. The van der Waals surface area contributed by atoms with E-state index in [1.54, 1.807) is 24.3 Å². The van der Waals surface area contributed by atoms with Crippen LogP contribution in [0.2, 0.25) is 5.02 Å². The van der Waals surface area contributed by atoms with Crippen molar-refractivity contribution < 1.29 is 22.7 Å². The van der Waals surface area contributed by atoms with E-state index < -0.39 is 28.5 Å². The predicted octanol–water partition coefficient (Wildman–Crippen LogP) is 4.58. The fourth-order valence-corrected chi connectivity index (χ4v) is 4.53. The van der Waals surface area contributed by atoms with E-state index in [4.69, 9.17) is 16.3 Å². The van der Waals surface area contributed by atoms with Gasteiger partial charge in [-0.1, -0.05) is 41.4 Å². The lowest BCUT2D eigenvalue weighted by molar-refractivity contribution is -0.119. The van der Waals surface area contributed by atoms with E-state index >= 15 is 0 Å². The molecule has 1 N–H and O–H groups in total. The first-order chi connectivity index (χ1) is 15.6. The molecule has 0 aromatic heterocycles. The number of carbonyl (C=O) groups excluding carboxylic acids is 2. The lowest BCUT2D eigenvalue weighted by Crippen LogP contribution is -2.27. The second kappa shape index (κ2) is 10.1. The summed E-state index contributed by atoms with van der Waals surface area (Å²) in [6, 6.07) is 17.4. The number of carbonyl (C=O) groups is 2. The second-order valence-corrected chi connectivity index (χ2v) is 9.83. The number of benzene rings is 3. The van der Waals surface area contributed by atoms with Crippen LogP contribution in [-0.4, -0.2) is 33.9 Å². The zero-order valence-electron chi connectivity index (χ0n) is 18.3. The molecular weight excluding hydrogens is 464 g/mol. The van der Waals surface area contributed by atoms with Crippen LogP contribution in [0.3, 0.4) is 0 Å². The summed E-state index contributed by atoms with van der Waals surface area (Å²) in [6.07, 6.45) is 0. The minimum atomic E-state index is -3.96. The molecule has 0 aliphatic rings. The van der Waals surface area contributed by atoms with E-state index in [1.807, 2.05) is 26.0 Å². The number of nitrogens with one attached hydrogen (secondary N) is 1. The number of hydrogen-bond donors (Lipinski definition) is 1. The van der Waals surface area contributed by atoms with Crippen molar-refractivity contribution in [3.63, 3.8) is 0 Å². The molecule has 0 fully saturated rings. The van der Waals surface area contributed by atoms with Gasteiger partial charge in [0.15, 0.2) is 6.61 Å². The third-order valence-corrected chi connectivity index (χ3v) is 6.91. The third kappa shape index (κ3) is 5.91. The number of nitrogens with zero attached hydrogens (tertiary/aromatic N) is 1. The van der Waals surface area contributed by atoms with Gasteiger partial charge in [-0.05, 0) is 61.9 Å². The Kier molecular flexibility index (Phi) is 7.40. The number of rotatable bonds is 7. The molecule has 0 spiro atoms. The molecule has 3 aromatic carbocycles. The number of sulfonamides is 1. The second-order valence-electron chi connectivity index (χ2n) is 7.42. The van der Waals surface area contributed by atoms with Gasteiger partial charge in [0.2, 0.25) is 0 Å². The van der Waals surface area contributed by atoms with Crippen LogP contribution in [0.4, 0.5) is 11.4 Å². The Bertz CT molecular complexity index is 1310. The van der Waals surface area contributed by atoms with Crippen molar-refractivity contribution in [1.29, 1.82) is 0 Å². The van der Waals surface area contributed by atoms with Gasteiger partial charge in [-0.25, -0.2) is 13.2 Å². The Morgan fingerprint density at radius 2 is 1.73 bits per heavy atom. The molecule has 1 amide bonds. The summed E-state index contributed by atoms with van der Waals surface area (Å²) in [6.45, 7) is 3.30. The van der Waals surface area contributed by atoms with Crippen molar-refractivity contribution in [1.82, 2.24) is 0 Å². The quantitative estimate of drug-likeness (QED) is 0.493. The number of amides is 1. The highest BCUT2D eigenvalue weighted by molar-refractivity contribution is 7.92. The molecule has 7 nitrogen and oxygen atoms in total. The third-order valence-electron chi connectivity index (χ3n) is 4.89. The van der Waals surface area contributed by atoms with Crippen molar-refractivity contribution in [2.75, 3.05) is 23.3 Å². The Morgan fingerprint density at radius 3 is 2.42 bits per heavy atom. The van der Waals surface area contributed by atoms with E-state index in [1.165, 1.54) is 37.4 Å². The average Bonchev–Trinajstić information content (AvgIpc) is 2.79. The largest absolute Gasteiger partial charge is 0.452 e. The molecule has 0 radical (unpaired) electrons. The monoisotopic (exact) mass is 486 g/mol. The summed E-state index contributed by atoms with van der Waals surface area (Å²) in [5, 5.41) is 3.08. The zero-order chi connectivity index (χ0) is 24.2. The van der Waals surface area contributed by atoms with Crippen molar-refractivity contribution in [3.05, 3.63) is 88.4 Å². The van der Waals surface area contributed by atoms with Gasteiger partial charge in [0, 0.05) is 17.8 Å². The maximum Gasteiger partial charge on any atom is 0.338 e. The lowest BCUT2D eigenvalue weighted by Gasteiger charge is -2.20. The van der Waals surface area contributed by atoms with E-state index in [9.17, 15) is 18.0 Å². The number of halogens is 1. The number of hydrogen-bond acceptors (Lipinski definition) is 5. The van der Waals surface area contributed by atoms with Gasteiger partial charge in [0.05, 0.1) is 16.1 Å². The molecule has 33 heavy (non-hydrogen) atoms. The van der Waals surface area contributed by atoms with Crippen LogP contribution in [-0.2, 0) is 19.6 Å².